The van der Waals surface area contributed by atoms with Crippen molar-refractivity contribution < 1.29 is 23.8 Å². The van der Waals surface area contributed by atoms with Crippen LogP contribution in [0.2, 0.25) is 0 Å². The average Bonchev–Trinajstić information content (AvgIpc) is 2.99. The lowest BCUT2D eigenvalue weighted by atomic mass is 9.75. The van der Waals surface area contributed by atoms with E-state index < -0.39 is 17.1 Å². The summed E-state index contributed by atoms with van der Waals surface area (Å²) >= 11 is 0. The number of esters is 2. The molecular weight excluding hydrogens is 420 g/mol. The first kappa shape index (κ1) is 21.0. The first-order chi connectivity index (χ1) is 15.8. The summed E-state index contributed by atoms with van der Waals surface area (Å²) in [6.07, 6.45) is 1.68. The van der Waals surface area contributed by atoms with Gasteiger partial charge in [0.15, 0.2) is 5.41 Å². The van der Waals surface area contributed by atoms with Crippen LogP contribution in [0.1, 0.15) is 26.3 Å². The van der Waals surface area contributed by atoms with Gasteiger partial charge in [0.25, 0.3) is 0 Å². The third-order valence-corrected chi connectivity index (χ3v) is 6.53. The van der Waals surface area contributed by atoms with Gasteiger partial charge in [-0.3, -0.25) is 14.6 Å². The summed E-state index contributed by atoms with van der Waals surface area (Å²) in [6.45, 7) is 5.24. The summed E-state index contributed by atoms with van der Waals surface area (Å²) in [5.41, 5.74) is -0.0522. The molecule has 7 heteroatoms. The van der Waals surface area contributed by atoms with E-state index in [2.05, 4.69) is 0 Å². The number of para-hydroxylation sites is 1. The van der Waals surface area contributed by atoms with Crippen LogP contribution >= 0.6 is 0 Å². The third-order valence-electron chi connectivity index (χ3n) is 6.53. The van der Waals surface area contributed by atoms with Crippen molar-refractivity contribution in [2.75, 3.05) is 18.6 Å². The second-order valence-electron chi connectivity index (χ2n) is 8.37. The minimum Gasteiger partial charge on any atom is -0.465 e. The molecule has 1 spiro atoms. The minimum absolute atomic E-state index is 0.258. The van der Waals surface area contributed by atoms with Crippen molar-refractivity contribution in [1.29, 1.82) is 0 Å². The molecule has 7 nitrogen and oxygen atoms in total. The standard InChI is InChI=1S/C26H24N2O5/c1-5-31-24(30)25(3)20-8-6-7-9-21(20)28(4)26(25)15-27-23-19-14-18(32-16(2)29)12-10-17(19)11-13-22(23)33-26/h6-15H,5H2,1-4H3. The second-order valence-corrected chi connectivity index (χ2v) is 8.37. The number of likely N-dealkylation sites (N-methyl/N-ethyl adjacent to an activating group) is 1. The van der Waals surface area contributed by atoms with Crippen molar-refractivity contribution in [2.45, 2.75) is 31.9 Å². The molecule has 2 heterocycles. The summed E-state index contributed by atoms with van der Waals surface area (Å²) in [5, 5.41) is 1.71. The molecule has 3 aromatic rings. The highest BCUT2D eigenvalue weighted by Gasteiger charge is 2.66. The summed E-state index contributed by atoms with van der Waals surface area (Å²) < 4.78 is 17.4. The molecule has 2 aliphatic rings. The zero-order chi connectivity index (χ0) is 23.4. The van der Waals surface area contributed by atoms with E-state index in [1.54, 1.807) is 25.3 Å². The highest BCUT2D eigenvalue weighted by molar-refractivity contribution is 6.04. The Kier molecular flexibility index (Phi) is 4.67. The van der Waals surface area contributed by atoms with Gasteiger partial charge in [-0.05, 0) is 49.1 Å². The van der Waals surface area contributed by atoms with Gasteiger partial charge < -0.3 is 19.1 Å². The van der Waals surface area contributed by atoms with Gasteiger partial charge in [0.05, 0.1) is 12.8 Å². The first-order valence-corrected chi connectivity index (χ1v) is 10.8. The molecule has 0 N–H and O–H groups in total. The van der Waals surface area contributed by atoms with Gasteiger partial charge >= 0.3 is 11.9 Å². The summed E-state index contributed by atoms with van der Waals surface area (Å²) in [5.74, 6) is 0.184. The van der Waals surface area contributed by atoms with E-state index in [4.69, 9.17) is 19.2 Å². The molecule has 0 saturated heterocycles. The Labute approximate surface area is 191 Å². The summed E-state index contributed by atoms with van der Waals surface area (Å²) in [4.78, 5) is 31.5. The van der Waals surface area contributed by atoms with Crippen molar-refractivity contribution in [2.24, 2.45) is 4.99 Å². The van der Waals surface area contributed by atoms with Crippen LogP contribution in [0.15, 0.2) is 59.6 Å². The zero-order valence-corrected chi connectivity index (χ0v) is 18.9. The van der Waals surface area contributed by atoms with Crippen LogP contribution in [0.3, 0.4) is 0 Å². The van der Waals surface area contributed by atoms with E-state index in [-0.39, 0.29) is 12.6 Å². The molecule has 168 valence electrons. The van der Waals surface area contributed by atoms with Crippen LogP contribution in [-0.4, -0.2) is 37.5 Å². The maximum absolute atomic E-state index is 13.4. The molecule has 0 aliphatic carbocycles. The van der Waals surface area contributed by atoms with Crippen molar-refractivity contribution in [3.05, 3.63) is 60.2 Å². The third kappa shape index (κ3) is 2.85. The van der Waals surface area contributed by atoms with Crippen LogP contribution in [0.4, 0.5) is 11.4 Å². The molecular formula is C26H24N2O5. The fourth-order valence-corrected chi connectivity index (χ4v) is 4.87. The molecule has 2 aliphatic heterocycles. The van der Waals surface area contributed by atoms with Gasteiger partial charge in [0.2, 0.25) is 5.72 Å². The number of aliphatic imine (C=N–C) groups is 1. The van der Waals surface area contributed by atoms with Gasteiger partial charge in [0, 0.05) is 25.0 Å². The minimum atomic E-state index is -1.21. The van der Waals surface area contributed by atoms with Gasteiger partial charge in [-0.25, -0.2) is 0 Å². The molecule has 0 bridgehead atoms. The molecule has 0 fully saturated rings. The molecule has 2 atom stereocenters. The summed E-state index contributed by atoms with van der Waals surface area (Å²) in [6, 6.07) is 16.9. The molecule has 5 rings (SSSR count). The number of carbonyl (C=O) groups is 2. The molecule has 0 saturated carbocycles. The number of fused-ring (bicyclic) bond motifs is 4. The molecule has 0 aromatic heterocycles. The Morgan fingerprint density at radius 3 is 2.64 bits per heavy atom. The topological polar surface area (TPSA) is 77.4 Å². The van der Waals surface area contributed by atoms with Crippen LogP contribution in [-0.2, 0) is 19.7 Å². The van der Waals surface area contributed by atoms with Crippen LogP contribution in [0.5, 0.6) is 11.5 Å². The largest absolute Gasteiger partial charge is 0.465 e. The monoisotopic (exact) mass is 444 g/mol. The van der Waals surface area contributed by atoms with Crippen LogP contribution < -0.4 is 14.4 Å². The van der Waals surface area contributed by atoms with Crippen molar-refractivity contribution >= 4 is 40.3 Å². The Morgan fingerprint density at radius 1 is 1.12 bits per heavy atom. The highest BCUT2D eigenvalue weighted by atomic mass is 16.6. The Hall–Kier alpha value is -3.87. The van der Waals surface area contributed by atoms with Gasteiger partial charge in [0.1, 0.15) is 17.2 Å². The Balaban J connectivity index is 1.68. The second kappa shape index (κ2) is 7.33. The van der Waals surface area contributed by atoms with E-state index in [1.165, 1.54) is 6.92 Å². The number of anilines is 1. The summed E-state index contributed by atoms with van der Waals surface area (Å²) in [7, 11) is 1.89. The maximum atomic E-state index is 13.4. The number of nitrogens with zero attached hydrogens (tertiary/aromatic N) is 2. The Morgan fingerprint density at radius 2 is 1.88 bits per heavy atom. The van der Waals surface area contributed by atoms with Gasteiger partial charge in [-0.2, -0.15) is 0 Å². The number of benzene rings is 3. The molecule has 33 heavy (non-hydrogen) atoms. The van der Waals surface area contributed by atoms with Crippen molar-refractivity contribution in [3.63, 3.8) is 0 Å². The van der Waals surface area contributed by atoms with Crippen molar-refractivity contribution in [3.8, 4) is 11.5 Å². The van der Waals surface area contributed by atoms with Crippen LogP contribution in [0.25, 0.3) is 10.8 Å². The predicted molar refractivity (Wildman–Crippen MR) is 126 cm³/mol. The normalized spacial score (nSPS) is 22.6. The van der Waals surface area contributed by atoms with Gasteiger partial charge in [-0.15, -0.1) is 0 Å². The SMILES string of the molecule is CCOC(=O)C1(C)c2ccccc2N(C)C12C=Nc1c(ccc3ccc(OC(C)=O)cc13)O2. The predicted octanol–water partition coefficient (Wildman–Crippen LogP) is 4.53. The van der Waals surface area contributed by atoms with E-state index in [1.807, 2.05) is 61.3 Å². The lowest BCUT2D eigenvalue weighted by Crippen LogP contribution is -2.65. The first-order valence-electron chi connectivity index (χ1n) is 10.8. The lowest BCUT2D eigenvalue weighted by Gasteiger charge is -2.44. The van der Waals surface area contributed by atoms with E-state index in [0.29, 0.717) is 17.2 Å². The quantitative estimate of drug-likeness (QED) is 0.436. The number of ether oxygens (including phenoxy) is 3. The Bertz CT molecular complexity index is 1330. The van der Waals surface area contributed by atoms with E-state index >= 15 is 0 Å². The fraction of sp³-hybridized carbons (Fsp3) is 0.269. The molecule has 2 unspecified atom stereocenters. The van der Waals surface area contributed by atoms with E-state index in [0.717, 1.165) is 22.0 Å². The molecule has 0 radical (unpaired) electrons. The van der Waals surface area contributed by atoms with E-state index in [9.17, 15) is 9.59 Å². The average molecular weight is 444 g/mol. The lowest BCUT2D eigenvalue weighted by molar-refractivity contribution is -0.154. The maximum Gasteiger partial charge on any atom is 0.322 e. The van der Waals surface area contributed by atoms with Crippen molar-refractivity contribution in [1.82, 2.24) is 0 Å². The smallest absolute Gasteiger partial charge is 0.322 e. The fourth-order valence-electron chi connectivity index (χ4n) is 4.87. The highest BCUT2D eigenvalue weighted by Crippen LogP contribution is 2.55. The molecule has 0 amide bonds. The van der Waals surface area contributed by atoms with Gasteiger partial charge in [-0.1, -0.05) is 30.3 Å². The number of rotatable bonds is 3. The number of hydrogen-bond donors (Lipinski definition) is 0. The number of carbonyl (C=O) groups excluding carboxylic acids is 2. The van der Waals surface area contributed by atoms with Crippen LogP contribution in [0, 0.1) is 0 Å². The molecule has 3 aromatic carbocycles. The zero-order valence-electron chi connectivity index (χ0n) is 18.9. The number of hydrogen-bond acceptors (Lipinski definition) is 7.